The van der Waals surface area contributed by atoms with Crippen LogP contribution in [0.2, 0.25) is 0 Å². The Morgan fingerprint density at radius 1 is 0.467 bits per heavy atom. The van der Waals surface area contributed by atoms with E-state index in [1.807, 2.05) is 0 Å². The Bertz CT molecular complexity index is 1610. The molecule has 0 fully saturated rings. The van der Waals surface area contributed by atoms with Gasteiger partial charge in [0.15, 0.2) is 23.4 Å². The third kappa shape index (κ3) is 48.8. The third-order valence-electron chi connectivity index (χ3n) is 4.30. The topological polar surface area (TPSA) is 559 Å². The first kappa shape index (κ1) is 92.0. The van der Waals surface area contributed by atoms with Gasteiger partial charge in [-0.3, -0.25) is 56.2 Å². The number of rotatable bonds is 19. The van der Waals surface area contributed by atoms with Gasteiger partial charge in [-0.15, -0.1) is 0 Å². The van der Waals surface area contributed by atoms with Crippen LogP contribution in [0.3, 0.4) is 0 Å². The molecule has 60 heavy (non-hydrogen) atoms. The van der Waals surface area contributed by atoms with Crippen LogP contribution in [-0.4, -0.2) is 459 Å². The number of phosphoric ester groups is 2. The molecule has 0 aromatic carbocycles. The molecule has 0 aliphatic heterocycles. The summed E-state index contributed by atoms with van der Waals surface area (Å²) in [7, 11) is -21.8. The number of aliphatic hydroxyl groups is 2. The largest absolute Gasteiger partial charge is 2.00 e. The van der Waals surface area contributed by atoms with E-state index in [0.29, 0.717) is 0 Å². The molecule has 14 N–H and O–H groups in total. The second-order valence-corrected chi connectivity index (χ2v) is 13.0. The SMILES string of the molecule is O=C(O)CC(CC(=O)O)(OP(=O)(O)OC(=O)C(O)C(O)C(=O)OP(=O)(O)OC(CC(=O)O)(CC(=O)O)C(=O)O)C(=O)O.O=S(=O)(O)O.O=S(=O)(O)O.[Ca+2].[Ca+2].[Ca+2].[Ca+2].[Ca+2].[Ca+2].[Ca+2].[Ca+2].[H-].[H-].[H-].[H-].[H-].[H-].[H-].[H-].[H-].[H-].[H-].[H-].[H-].[H-].[H-].[H-]. The van der Waals surface area contributed by atoms with Crippen LogP contribution in [0, 0.1) is 0 Å². The van der Waals surface area contributed by atoms with Gasteiger partial charge in [-0.1, -0.05) is 0 Å². The number of hydrogen-bond acceptors (Lipinski definition) is 20. The predicted octanol–water partition coefficient (Wildman–Crippen LogP) is -5.98. The maximum absolute atomic E-state index is 12.1. The Labute approximate surface area is 597 Å². The first-order valence-corrected chi connectivity index (χ1v) is 17.2. The van der Waals surface area contributed by atoms with E-state index >= 15 is 0 Å². The van der Waals surface area contributed by atoms with Crippen molar-refractivity contribution in [2.24, 2.45) is 0 Å². The summed E-state index contributed by atoms with van der Waals surface area (Å²) in [6.45, 7) is 0. The van der Waals surface area contributed by atoms with Gasteiger partial charge in [0.2, 0.25) is 0 Å². The monoisotopic (exact) mass is 1190 g/mol. The van der Waals surface area contributed by atoms with E-state index in [1.165, 1.54) is 0 Å². The zero-order chi connectivity index (χ0) is 42.4. The number of aliphatic hydroxyl groups excluding tert-OH is 2. The van der Waals surface area contributed by atoms with Crippen molar-refractivity contribution in [1.29, 1.82) is 0 Å². The van der Waals surface area contributed by atoms with E-state index in [1.54, 1.807) is 0 Å². The van der Waals surface area contributed by atoms with Gasteiger partial charge in [0.25, 0.3) is 0 Å². The summed E-state index contributed by atoms with van der Waals surface area (Å²) >= 11 is 0. The van der Waals surface area contributed by atoms with E-state index in [0.717, 1.165) is 0 Å². The molecule has 334 valence electrons. The fourth-order valence-corrected chi connectivity index (χ4v) is 4.73. The summed E-state index contributed by atoms with van der Waals surface area (Å²) in [5.74, 6) is -18.5. The summed E-state index contributed by atoms with van der Waals surface area (Å²) in [4.78, 5) is 110. The molecule has 0 radical (unpaired) electrons. The van der Waals surface area contributed by atoms with Gasteiger partial charge in [-0.2, -0.15) is 16.8 Å². The Kier molecular flexibility index (Phi) is 63.5. The molecule has 4 atom stereocenters. The minimum absolute atomic E-state index is 0. The summed E-state index contributed by atoms with van der Waals surface area (Å²) in [6, 6.07) is 0. The molecule has 0 heterocycles. The zero-order valence-electron chi connectivity index (χ0n) is 46.0. The quantitative estimate of drug-likeness (QED) is 0.0325. The number of carbonyl (C=O) groups is 8. The van der Waals surface area contributed by atoms with E-state index < -0.39 is 133 Å². The minimum atomic E-state index is -6.25. The van der Waals surface area contributed by atoms with Gasteiger partial charge in [0.1, 0.15) is 0 Å². The standard InChI is InChI=1S/C16H20O24P2.8Ca.2H2O4S.16H/c17-5(18)1-15(13(29)30,2-6(19)20)39-41(33,34)37-11(27)9(25)10(26)12(28)38-42(35,36)40-16(14(31)32,3-7(21)22)4-8(23)24;;;;;;;;;2*1-5(2,3)4;;;;;;;;;;;;;;;;/h9-10,25-26H,1-4H2,(H,17,18)(H,19,20)(H,21,22)(H,23,24)(H,29,30)(H,31,32)(H,33,34)(H,35,36);;;;;;;;;2*(H2,1,2,3,4);;;;;;;;;;;;;;;;/q;8*+2;;;16*-1. The van der Waals surface area contributed by atoms with Gasteiger partial charge in [0.05, 0.1) is 25.7 Å². The molecule has 0 aliphatic rings. The maximum atomic E-state index is 12.1. The van der Waals surface area contributed by atoms with Crippen LogP contribution in [0.25, 0.3) is 0 Å². The number of carboxylic acids is 6. The van der Waals surface area contributed by atoms with Crippen molar-refractivity contribution in [3.8, 4) is 0 Å². The van der Waals surface area contributed by atoms with Crippen molar-refractivity contribution in [3.63, 3.8) is 0 Å². The number of aliphatic carboxylic acids is 6. The summed E-state index contributed by atoms with van der Waals surface area (Å²) in [5.41, 5.74) is -7.15. The molecule has 44 heteroatoms. The van der Waals surface area contributed by atoms with Crippen LogP contribution in [0.1, 0.15) is 48.5 Å². The Hall–Kier alpha value is 5.80. The molecular formula is C16H40Ca8O32P2S2. The number of carbonyl (C=O) groups excluding carboxylic acids is 2. The second-order valence-electron chi connectivity index (χ2n) is 8.61. The van der Waals surface area contributed by atoms with E-state index in [-0.39, 0.29) is 325 Å². The van der Waals surface area contributed by atoms with Gasteiger partial charge in [-0.25, -0.2) is 28.3 Å². The maximum Gasteiger partial charge on any atom is 2.00 e. The smallest absolute Gasteiger partial charge is 1.00 e. The molecule has 32 nitrogen and oxygen atoms in total. The van der Waals surface area contributed by atoms with Crippen molar-refractivity contribution in [2.75, 3.05) is 0 Å². The van der Waals surface area contributed by atoms with Crippen molar-refractivity contribution < 1.29 is 174 Å². The Balaban J connectivity index is -0.0000000258. The van der Waals surface area contributed by atoms with Crippen LogP contribution in [0.15, 0.2) is 0 Å². The van der Waals surface area contributed by atoms with Crippen molar-refractivity contribution in [3.05, 3.63) is 0 Å². The molecule has 0 aliphatic carbocycles. The molecule has 0 amide bonds. The minimum Gasteiger partial charge on any atom is -1.00 e. The average molecular weight is 1190 g/mol. The summed E-state index contributed by atoms with van der Waals surface area (Å²) in [6.07, 6.45) is -14.1. The number of hydrogen-bond donors (Lipinski definition) is 14. The average Bonchev–Trinajstić information content (AvgIpc) is 2.82. The van der Waals surface area contributed by atoms with Crippen LogP contribution in [-0.2, 0) is 86.4 Å². The Morgan fingerprint density at radius 2 is 0.617 bits per heavy atom. The van der Waals surface area contributed by atoms with Crippen LogP contribution >= 0.6 is 15.6 Å². The van der Waals surface area contributed by atoms with Crippen molar-refractivity contribution >= 4 is 386 Å². The van der Waals surface area contributed by atoms with Gasteiger partial charge in [0, 0.05) is 0 Å². The Morgan fingerprint density at radius 3 is 0.733 bits per heavy atom. The molecule has 0 bridgehead atoms. The molecule has 0 saturated heterocycles. The van der Waals surface area contributed by atoms with Crippen LogP contribution < -0.4 is 0 Å². The van der Waals surface area contributed by atoms with E-state index in [2.05, 4.69) is 18.1 Å². The zero-order valence-corrected chi connectivity index (χ0v) is 51.0. The van der Waals surface area contributed by atoms with E-state index in [4.69, 9.17) is 65.7 Å². The first-order chi connectivity index (χ1) is 22.8. The molecule has 0 saturated carbocycles. The molecule has 0 aromatic heterocycles. The number of phosphoric acid groups is 2. The van der Waals surface area contributed by atoms with Crippen LogP contribution in [0.4, 0.5) is 0 Å². The summed E-state index contributed by atoms with van der Waals surface area (Å²) < 4.78 is 103. The van der Waals surface area contributed by atoms with Gasteiger partial charge >= 0.3 is 386 Å². The first-order valence-electron chi connectivity index (χ1n) is 11.4. The van der Waals surface area contributed by atoms with Gasteiger partial charge < -0.3 is 72.7 Å². The van der Waals surface area contributed by atoms with E-state index in [9.17, 15) is 67.5 Å². The fourth-order valence-electron chi connectivity index (χ4n) is 2.68. The molecule has 0 rings (SSSR count). The normalized spacial score (nSPS) is 13.1. The van der Waals surface area contributed by atoms with Crippen molar-refractivity contribution in [1.82, 2.24) is 0 Å². The van der Waals surface area contributed by atoms with Crippen molar-refractivity contribution in [2.45, 2.75) is 49.1 Å². The third-order valence-corrected chi connectivity index (χ3v) is 6.28. The predicted molar refractivity (Wildman–Crippen MR) is 208 cm³/mol. The number of carboxylic acid groups (broad SMARTS) is 6. The van der Waals surface area contributed by atoms with Gasteiger partial charge in [-0.05, 0) is 0 Å². The molecular weight excluding hydrogens is 1150 g/mol. The molecule has 0 spiro atoms. The van der Waals surface area contributed by atoms with Crippen LogP contribution in [0.5, 0.6) is 0 Å². The summed E-state index contributed by atoms with van der Waals surface area (Å²) in [5, 5.41) is 73.0. The fraction of sp³-hybridized carbons (Fsp3) is 0.500. The second kappa shape index (κ2) is 41.4. The molecule has 4 unspecified atom stereocenters. The molecule has 0 aromatic rings.